The van der Waals surface area contributed by atoms with E-state index in [1.54, 1.807) is 4.31 Å². The summed E-state index contributed by atoms with van der Waals surface area (Å²) in [6.45, 7) is 1.33. The van der Waals surface area contributed by atoms with Gasteiger partial charge in [-0.2, -0.15) is 17.4 Å². The van der Waals surface area contributed by atoms with E-state index in [0.717, 1.165) is 32.1 Å². The van der Waals surface area contributed by atoms with Crippen LogP contribution >= 0.6 is 0 Å². The van der Waals surface area contributed by atoms with Crippen LogP contribution in [0.15, 0.2) is 30.3 Å². The largest absolute Gasteiger partial charge is 0.279 e. The normalized spacial score (nSPS) is 22.5. The Balaban J connectivity index is 1.69. The van der Waals surface area contributed by atoms with Gasteiger partial charge in [0, 0.05) is 18.6 Å². The van der Waals surface area contributed by atoms with Gasteiger partial charge in [-0.05, 0) is 37.7 Å². The number of hydrogen-bond acceptors (Lipinski definition) is 2. The van der Waals surface area contributed by atoms with Crippen LogP contribution in [0.5, 0.6) is 0 Å². The molecule has 0 spiro atoms. The standard InChI is InChI=1S/C14H20N2O2S/c17-19(18,16-10-4-5-11-16)15-14(8-9-14)12-13-6-2-1-3-7-13/h1-3,6-7,15H,4-5,8-12H2. The number of rotatable bonds is 5. The highest BCUT2D eigenvalue weighted by Crippen LogP contribution is 2.39. The molecule has 19 heavy (non-hydrogen) atoms. The minimum absolute atomic E-state index is 0.233. The molecular weight excluding hydrogens is 260 g/mol. The molecule has 2 fully saturated rings. The lowest BCUT2D eigenvalue weighted by Gasteiger charge is -2.22. The minimum Gasteiger partial charge on any atom is -0.196 e. The molecule has 1 aliphatic carbocycles. The maximum absolute atomic E-state index is 12.3. The average Bonchev–Trinajstić information content (AvgIpc) is 2.93. The second kappa shape index (κ2) is 4.89. The van der Waals surface area contributed by atoms with E-state index in [9.17, 15) is 8.42 Å². The Morgan fingerprint density at radius 2 is 1.74 bits per heavy atom. The van der Waals surface area contributed by atoms with E-state index < -0.39 is 10.2 Å². The predicted molar refractivity (Wildman–Crippen MR) is 75.0 cm³/mol. The fraction of sp³-hybridized carbons (Fsp3) is 0.571. The molecule has 0 radical (unpaired) electrons. The van der Waals surface area contributed by atoms with Gasteiger partial charge in [0.05, 0.1) is 0 Å². The Labute approximate surface area is 115 Å². The Kier molecular flexibility index (Phi) is 3.37. The van der Waals surface area contributed by atoms with E-state index in [1.807, 2.05) is 18.2 Å². The second-order valence-electron chi connectivity index (χ2n) is 5.66. The summed E-state index contributed by atoms with van der Waals surface area (Å²) in [4.78, 5) is 0. The molecule has 1 saturated heterocycles. The molecule has 1 aromatic carbocycles. The third-order valence-corrected chi connectivity index (χ3v) is 5.73. The van der Waals surface area contributed by atoms with Gasteiger partial charge in [-0.15, -0.1) is 0 Å². The molecule has 0 unspecified atom stereocenters. The van der Waals surface area contributed by atoms with Gasteiger partial charge >= 0.3 is 0 Å². The topological polar surface area (TPSA) is 49.4 Å². The molecule has 5 heteroatoms. The fourth-order valence-electron chi connectivity index (χ4n) is 2.72. The number of nitrogens with zero attached hydrogens (tertiary/aromatic N) is 1. The van der Waals surface area contributed by atoms with Crippen LogP contribution in [-0.4, -0.2) is 31.4 Å². The van der Waals surface area contributed by atoms with Gasteiger partial charge in [-0.3, -0.25) is 0 Å². The Hall–Kier alpha value is -0.910. The molecule has 1 aromatic rings. The predicted octanol–water partition coefficient (Wildman–Crippen LogP) is 1.69. The van der Waals surface area contributed by atoms with Gasteiger partial charge in [-0.25, -0.2) is 0 Å². The number of nitrogens with one attached hydrogen (secondary N) is 1. The molecule has 1 aliphatic heterocycles. The molecule has 0 amide bonds. The van der Waals surface area contributed by atoms with Crippen molar-refractivity contribution in [3.05, 3.63) is 35.9 Å². The van der Waals surface area contributed by atoms with E-state index in [2.05, 4.69) is 16.9 Å². The first-order valence-corrected chi connectivity index (χ1v) is 8.37. The third kappa shape index (κ3) is 2.99. The molecule has 104 valence electrons. The van der Waals surface area contributed by atoms with E-state index >= 15 is 0 Å². The molecule has 1 saturated carbocycles. The van der Waals surface area contributed by atoms with Crippen molar-refractivity contribution < 1.29 is 8.42 Å². The van der Waals surface area contributed by atoms with Gasteiger partial charge in [-0.1, -0.05) is 30.3 Å². The SMILES string of the molecule is O=S(=O)(NC1(Cc2ccccc2)CC1)N1CCCC1. The van der Waals surface area contributed by atoms with Gasteiger partial charge < -0.3 is 0 Å². The second-order valence-corrected chi connectivity index (χ2v) is 7.33. The molecule has 0 aromatic heterocycles. The lowest BCUT2D eigenvalue weighted by molar-refractivity contribution is 0.446. The van der Waals surface area contributed by atoms with Gasteiger partial charge in [0.1, 0.15) is 0 Å². The highest BCUT2D eigenvalue weighted by atomic mass is 32.2. The van der Waals surface area contributed by atoms with Gasteiger partial charge in [0.25, 0.3) is 10.2 Å². The third-order valence-electron chi connectivity index (χ3n) is 3.99. The van der Waals surface area contributed by atoms with Crippen LogP contribution in [0.2, 0.25) is 0 Å². The highest BCUT2D eigenvalue weighted by molar-refractivity contribution is 7.87. The van der Waals surface area contributed by atoms with E-state index in [1.165, 1.54) is 5.56 Å². The first kappa shape index (κ1) is 13.1. The molecule has 2 aliphatic rings. The van der Waals surface area contributed by atoms with Crippen LogP contribution in [0.3, 0.4) is 0 Å². The lowest BCUT2D eigenvalue weighted by Crippen LogP contribution is -2.46. The summed E-state index contributed by atoms with van der Waals surface area (Å²) >= 11 is 0. The van der Waals surface area contributed by atoms with Crippen LogP contribution in [-0.2, 0) is 16.6 Å². The summed E-state index contributed by atoms with van der Waals surface area (Å²) in [6, 6.07) is 10.1. The zero-order valence-corrected chi connectivity index (χ0v) is 11.8. The molecule has 4 nitrogen and oxygen atoms in total. The average molecular weight is 280 g/mol. The molecule has 1 heterocycles. The van der Waals surface area contributed by atoms with Crippen LogP contribution in [0.1, 0.15) is 31.2 Å². The highest BCUT2D eigenvalue weighted by Gasteiger charge is 2.47. The van der Waals surface area contributed by atoms with Crippen LogP contribution in [0, 0.1) is 0 Å². The van der Waals surface area contributed by atoms with Gasteiger partial charge in [0.2, 0.25) is 0 Å². The van der Waals surface area contributed by atoms with Crippen LogP contribution < -0.4 is 4.72 Å². The first-order chi connectivity index (χ1) is 9.10. The number of hydrogen-bond donors (Lipinski definition) is 1. The summed E-state index contributed by atoms with van der Waals surface area (Å²) in [5.74, 6) is 0. The fourth-order valence-corrected chi connectivity index (χ4v) is 4.41. The van der Waals surface area contributed by atoms with Crippen molar-refractivity contribution in [2.75, 3.05) is 13.1 Å². The van der Waals surface area contributed by atoms with Crippen molar-refractivity contribution in [1.29, 1.82) is 0 Å². The lowest BCUT2D eigenvalue weighted by atomic mass is 10.1. The number of benzene rings is 1. The summed E-state index contributed by atoms with van der Waals surface area (Å²) in [5.41, 5.74) is 0.965. The Bertz CT molecular complexity index is 532. The van der Waals surface area contributed by atoms with Gasteiger partial charge in [0.15, 0.2) is 0 Å². The summed E-state index contributed by atoms with van der Waals surface area (Å²) < 4.78 is 29.1. The smallest absolute Gasteiger partial charge is 0.196 e. The monoisotopic (exact) mass is 280 g/mol. The zero-order valence-electron chi connectivity index (χ0n) is 11.0. The van der Waals surface area contributed by atoms with Crippen molar-refractivity contribution in [2.45, 2.75) is 37.6 Å². The van der Waals surface area contributed by atoms with Crippen molar-refractivity contribution in [3.8, 4) is 0 Å². The summed E-state index contributed by atoms with van der Waals surface area (Å²) in [7, 11) is -3.29. The first-order valence-electron chi connectivity index (χ1n) is 6.93. The van der Waals surface area contributed by atoms with Crippen molar-refractivity contribution >= 4 is 10.2 Å². The molecule has 0 bridgehead atoms. The Morgan fingerprint density at radius 1 is 1.11 bits per heavy atom. The van der Waals surface area contributed by atoms with E-state index in [-0.39, 0.29) is 5.54 Å². The maximum atomic E-state index is 12.3. The quantitative estimate of drug-likeness (QED) is 0.892. The summed E-state index contributed by atoms with van der Waals surface area (Å²) in [5, 5.41) is 0. The van der Waals surface area contributed by atoms with E-state index in [0.29, 0.717) is 13.1 Å². The van der Waals surface area contributed by atoms with Crippen molar-refractivity contribution in [3.63, 3.8) is 0 Å². The summed E-state index contributed by atoms with van der Waals surface area (Å²) in [6.07, 6.45) is 4.63. The molecule has 0 atom stereocenters. The minimum atomic E-state index is -3.29. The van der Waals surface area contributed by atoms with Crippen molar-refractivity contribution in [2.24, 2.45) is 0 Å². The van der Waals surface area contributed by atoms with Crippen molar-refractivity contribution in [1.82, 2.24) is 9.03 Å². The maximum Gasteiger partial charge on any atom is 0.279 e. The Morgan fingerprint density at radius 3 is 2.32 bits per heavy atom. The molecule has 3 rings (SSSR count). The van der Waals surface area contributed by atoms with Crippen LogP contribution in [0.4, 0.5) is 0 Å². The zero-order chi connectivity index (χ0) is 13.3. The van der Waals surface area contributed by atoms with Crippen LogP contribution in [0.25, 0.3) is 0 Å². The molecule has 1 N–H and O–H groups in total. The molecular formula is C14H20N2O2S. The van der Waals surface area contributed by atoms with E-state index in [4.69, 9.17) is 0 Å².